The summed E-state index contributed by atoms with van der Waals surface area (Å²) in [5, 5.41) is 89.7. The van der Waals surface area contributed by atoms with Crippen LogP contribution >= 0.6 is 70.6 Å². The number of carbonyl (C=O) groups is 7. The molecule has 0 saturated heterocycles. The lowest BCUT2D eigenvalue weighted by Gasteiger charge is -2.09. The second-order valence-electron chi connectivity index (χ2n) is 31.9. The smallest absolute Gasteiger partial charge is 0.311 e. The summed E-state index contributed by atoms with van der Waals surface area (Å²) in [5.74, 6) is 5.29. The molecule has 2 aromatic heterocycles. The molecule has 0 atom stereocenters. The summed E-state index contributed by atoms with van der Waals surface area (Å²) in [4.78, 5) is 120. The van der Waals surface area contributed by atoms with Crippen molar-refractivity contribution >= 4 is 198 Å². The molecule has 0 radical (unpaired) electrons. The predicted octanol–water partition coefficient (Wildman–Crippen LogP) is 17.5. The summed E-state index contributed by atoms with van der Waals surface area (Å²) in [7, 11) is 1.67. The predicted molar refractivity (Wildman–Crippen MR) is 568 cm³/mol. The van der Waals surface area contributed by atoms with Crippen LogP contribution in [0.2, 0.25) is 0 Å². The first-order valence-corrected chi connectivity index (χ1v) is 49.8. The Balaban J connectivity index is 0.000000178. The molecular formula is C102H99N18O18S6+. The first kappa shape index (κ1) is 111. The number of nitrogens with zero attached hydrogens (tertiary/aromatic N) is 14. The van der Waals surface area contributed by atoms with Gasteiger partial charge in [-0.25, -0.2) is 15.2 Å². The van der Waals surface area contributed by atoms with Gasteiger partial charge >= 0.3 is 5.69 Å². The number of nitrogens with two attached hydrogens (primary N) is 1. The van der Waals surface area contributed by atoms with Gasteiger partial charge in [-0.2, -0.15) is 20.8 Å². The van der Waals surface area contributed by atoms with Crippen molar-refractivity contribution in [3.05, 3.63) is 318 Å². The number of Topliss-reactive ketones (excluding diaryl/α,β-unsaturated/α-hetero) is 7. The Bertz CT molecular complexity index is 7120. The quantitative estimate of drug-likeness (QED) is 0.00624. The van der Waals surface area contributed by atoms with E-state index in [9.17, 15) is 58.7 Å². The number of methoxy groups -OCH3 is 1. The van der Waals surface area contributed by atoms with Crippen molar-refractivity contribution in [2.24, 2.45) is 40.9 Å². The number of hydrogen-bond donors (Lipinski definition) is 5. The number of aromatic amines is 2. The Morgan fingerprint density at radius 1 is 0.444 bits per heavy atom. The average Bonchev–Trinajstić information content (AvgIpc) is 1.47. The number of carbonyl (C=O) groups excluding carboxylic acids is 7. The van der Waals surface area contributed by atoms with Crippen molar-refractivity contribution in [2.75, 3.05) is 41.6 Å². The molecule has 0 unspecified atom stereocenters. The molecule has 13 aromatic rings. The molecule has 0 fully saturated rings. The molecule has 17 rings (SSSR count). The number of ketones is 7. The summed E-state index contributed by atoms with van der Waals surface area (Å²) in [6.45, 7) is 11.7. The second-order valence-corrected chi connectivity index (χ2v) is 38.0. The molecule has 740 valence electrons. The number of thioether (sulfide) groups is 6. The molecule has 4 aliphatic heterocycles. The van der Waals surface area contributed by atoms with Crippen molar-refractivity contribution in [1.29, 1.82) is 0 Å². The fraction of sp³-hybridized carbons (Fsp3) is 0.206. The highest BCUT2D eigenvalue weighted by Gasteiger charge is 2.27. The van der Waals surface area contributed by atoms with E-state index in [1.807, 2.05) is 153 Å². The molecule has 0 aliphatic carbocycles. The van der Waals surface area contributed by atoms with E-state index in [4.69, 9.17) is 19.4 Å². The first-order valence-electron chi connectivity index (χ1n) is 43.9. The SMILES string of the molecule is CC(=O)CSC1=NN=C(c2cc(OCc3ccccc3)cc([N+](=O)[O-])c2)C1.CC(=O)CSC1=NN=C(c2ccc(C)c([NH2+]O)c2)C1.CC(=O)CSC1=[NH+]N=C(c2cc(N=O)cc(C(=O)Cc3ccccc3)c2)C1.CC(=O)CSc1n[nH]c(-c2ccc(OCc3ccccc3)c([N+](=O)[O-])c2)n1.CC(=O)CSc1n[nH]c(-c2ccc3ccccc3c2)n1.COc1ccc2cc(C3=NN=C(SCC(C)=O)C3)ccc2c1.O.[OH-]. The fourth-order valence-corrected chi connectivity index (χ4v) is 17.4. The lowest BCUT2D eigenvalue weighted by Crippen LogP contribution is -2.74. The van der Waals surface area contributed by atoms with Gasteiger partial charge in [-0.3, -0.25) is 64.0 Å². The van der Waals surface area contributed by atoms with Crippen molar-refractivity contribution in [3.63, 3.8) is 0 Å². The molecule has 144 heavy (non-hydrogen) atoms. The molecule has 0 bridgehead atoms. The molecule has 0 spiro atoms. The molecule has 36 nitrogen and oxygen atoms in total. The third-order valence-corrected chi connectivity index (χ3v) is 26.8. The molecule has 0 amide bonds. The number of nitrogens with one attached hydrogen (secondary N) is 3. The summed E-state index contributed by atoms with van der Waals surface area (Å²) in [6.07, 6.45) is 2.55. The average molecular weight is 2060 g/mol. The van der Waals surface area contributed by atoms with Crippen LogP contribution in [-0.2, 0) is 48.4 Å². The minimum atomic E-state index is -0.494. The number of aryl methyl sites for hydroxylation is 1. The third-order valence-electron chi connectivity index (χ3n) is 20.4. The van der Waals surface area contributed by atoms with Gasteiger partial charge in [-0.15, -0.1) is 65.7 Å². The van der Waals surface area contributed by atoms with Gasteiger partial charge in [0, 0.05) is 82.8 Å². The van der Waals surface area contributed by atoms with Crippen LogP contribution in [0.4, 0.5) is 22.7 Å². The van der Waals surface area contributed by atoms with E-state index >= 15 is 0 Å². The van der Waals surface area contributed by atoms with E-state index in [-0.39, 0.29) is 93.0 Å². The highest BCUT2D eigenvalue weighted by atomic mass is 32.2. The lowest BCUT2D eigenvalue weighted by molar-refractivity contribution is -0.826. The van der Waals surface area contributed by atoms with Crippen molar-refractivity contribution < 1.29 is 84.4 Å². The second kappa shape index (κ2) is 56.0. The standard InChI is InChI=1S/C20H17N3O3S.C19H17N3O4S.C18H16N4O4S.C17H16N2O2S.C15H13N3OS.C13H15N3O2S.2H2O/c1-13(24)12-27-20-11-18(21-22-20)15-8-16(10-17(9-15)23-26)19(25)7-14-5-3-2-4-6-14;1-13(23)12-27-19-10-18(20-21-19)15-7-16(22(24)25)9-17(8-15)26-11-14-5-3-2-4-6-14;1-12(23)11-27-18-19-17(20-21-18)14-7-8-16(15(9-14)22(24)25)26-10-13-5-3-2-4-6-13;1-11(20)10-22-17-9-16(18-19-17)14-4-3-13-8-15(21-2)6-5-12(13)7-14;1-10(19)9-20-15-16-14(17-18-15)13-7-6-11-4-2-3-5-12(11)8-13;1-8-3-4-10(5-11(8)16-18)12-6-13(15-14-12)19-7-9(2)17;;/h2-6,8-10H,7,11-12H2,1H3;2-9H,10-12H2,1H3;2-9H,10-11H2,1H3,(H,19,20,21);3-8H,9-10H2,1-2H3;2-8H,9H2,1H3,(H,16,17,18);3-5,16,18H,6-7H2,1-2H3;2*1H2/p+1. The largest absolute Gasteiger partial charge is 0.870 e. The van der Waals surface area contributed by atoms with Crippen LogP contribution in [0, 0.1) is 32.1 Å². The van der Waals surface area contributed by atoms with Crippen LogP contribution in [0.15, 0.2) is 294 Å². The number of quaternary nitrogens is 1. The van der Waals surface area contributed by atoms with Crippen molar-refractivity contribution in [2.45, 2.75) is 104 Å². The van der Waals surface area contributed by atoms with Crippen molar-refractivity contribution in [1.82, 2.24) is 30.4 Å². The van der Waals surface area contributed by atoms with Crippen molar-refractivity contribution in [3.8, 4) is 40.0 Å². The van der Waals surface area contributed by atoms with Crippen LogP contribution in [0.5, 0.6) is 17.2 Å². The van der Waals surface area contributed by atoms with Gasteiger partial charge in [0.1, 0.15) is 85.9 Å². The van der Waals surface area contributed by atoms with Gasteiger partial charge < -0.3 is 25.2 Å². The number of benzene rings is 11. The molecule has 11 aromatic carbocycles. The molecule has 6 heterocycles. The monoisotopic (exact) mass is 2060 g/mol. The Kier molecular flexibility index (Phi) is 43.2. The van der Waals surface area contributed by atoms with Crippen LogP contribution in [0.1, 0.15) is 122 Å². The minimum absolute atomic E-state index is 0. The third kappa shape index (κ3) is 34.7. The summed E-state index contributed by atoms with van der Waals surface area (Å²) in [5.41, 5.74) is 14.0. The number of nitro benzene ring substituents is 2. The summed E-state index contributed by atoms with van der Waals surface area (Å²) in [6, 6.07) is 74.8. The van der Waals surface area contributed by atoms with E-state index in [1.165, 1.54) is 126 Å². The topological polar surface area (TPSA) is 545 Å². The number of nitroso groups, excluding NO2 is 1. The number of aromatic nitrogens is 6. The van der Waals surface area contributed by atoms with Crippen LogP contribution in [-0.4, -0.2) is 182 Å². The zero-order chi connectivity index (χ0) is 101. The number of hydrogen-bond acceptors (Lipinski definition) is 35. The maximum absolute atomic E-state index is 12.6. The van der Waals surface area contributed by atoms with Crippen LogP contribution in [0.25, 0.3) is 44.3 Å². The van der Waals surface area contributed by atoms with Gasteiger partial charge in [-0.1, -0.05) is 198 Å². The maximum atomic E-state index is 12.6. The summed E-state index contributed by atoms with van der Waals surface area (Å²) < 4.78 is 16.6. The normalized spacial score (nSPS) is 12.4. The zero-order valence-electron chi connectivity index (χ0n) is 79.1. The van der Waals surface area contributed by atoms with E-state index < -0.39 is 9.85 Å². The van der Waals surface area contributed by atoms with Gasteiger partial charge in [0.2, 0.25) is 15.4 Å². The van der Waals surface area contributed by atoms with Gasteiger partial charge in [-0.05, 0) is 163 Å². The molecule has 4 aliphatic rings. The van der Waals surface area contributed by atoms with E-state index in [0.29, 0.717) is 117 Å². The number of nitro groups is 2. The number of H-pyrrole nitrogens is 2. The number of hydrazone groups is 1. The Morgan fingerprint density at radius 2 is 0.896 bits per heavy atom. The zero-order valence-corrected chi connectivity index (χ0v) is 84.0. The van der Waals surface area contributed by atoms with Gasteiger partial charge in [0.15, 0.2) is 28.9 Å². The minimum Gasteiger partial charge on any atom is -0.870 e. The van der Waals surface area contributed by atoms with Gasteiger partial charge in [0.05, 0.1) is 81.1 Å². The summed E-state index contributed by atoms with van der Waals surface area (Å²) >= 11 is 8.18. The van der Waals surface area contributed by atoms with E-state index in [0.717, 1.165) is 104 Å². The molecular weight excluding hydrogens is 1960 g/mol. The molecule has 9 N–H and O–H groups in total. The van der Waals surface area contributed by atoms with E-state index in [1.54, 1.807) is 58.2 Å². The highest BCUT2D eigenvalue weighted by molar-refractivity contribution is 8.15. The van der Waals surface area contributed by atoms with Crippen LogP contribution in [0.3, 0.4) is 0 Å². The highest BCUT2D eigenvalue weighted by Crippen LogP contribution is 2.35. The fourth-order valence-electron chi connectivity index (χ4n) is 13.3. The number of fused-ring (bicyclic) bond motifs is 2. The lowest BCUT2D eigenvalue weighted by atomic mass is 9.98. The van der Waals surface area contributed by atoms with E-state index in [2.05, 4.69) is 119 Å². The molecule has 0 saturated carbocycles. The van der Waals surface area contributed by atoms with Gasteiger partial charge in [0.25, 0.3) is 5.69 Å². The number of non-ortho nitro benzene ring substituents is 1. The Labute approximate surface area is 851 Å². The Morgan fingerprint density at radius 3 is 1.43 bits per heavy atom. The number of rotatable bonds is 34. The van der Waals surface area contributed by atoms with Crippen LogP contribution < -0.4 is 24.8 Å². The Hall–Kier alpha value is -15.0. The number of ether oxygens (including phenoxy) is 3. The first-order chi connectivity index (χ1) is 68.5. The molecule has 42 heteroatoms. The maximum Gasteiger partial charge on any atom is 0.311 e.